The summed E-state index contributed by atoms with van der Waals surface area (Å²) < 4.78 is 5.37. The third kappa shape index (κ3) is 17.7. The number of ether oxygens (including phenoxy) is 1. The van der Waals surface area contributed by atoms with Gasteiger partial charge in [0.05, 0.1) is 6.61 Å². The summed E-state index contributed by atoms with van der Waals surface area (Å²) in [6.07, 6.45) is 21.6. The SMILES string of the molecule is C=CCOCCCCCCCCCCCCCCCC. The molecule has 20 heavy (non-hydrogen) atoms. The first-order chi connectivity index (χ1) is 9.91. The van der Waals surface area contributed by atoms with Gasteiger partial charge in [0.25, 0.3) is 0 Å². The van der Waals surface area contributed by atoms with E-state index in [0.29, 0.717) is 6.61 Å². The van der Waals surface area contributed by atoms with Crippen LogP contribution in [-0.2, 0) is 4.74 Å². The number of unbranched alkanes of at least 4 members (excludes halogenated alkanes) is 13. The summed E-state index contributed by atoms with van der Waals surface area (Å²) in [5.41, 5.74) is 0. The predicted octanol–water partition coefficient (Wildman–Crippen LogP) is 6.67. The Morgan fingerprint density at radius 3 is 1.45 bits per heavy atom. The van der Waals surface area contributed by atoms with Crippen molar-refractivity contribution in [1.82, 2.24) is 0 Å². The fourth-order valence-electron chi connectivity index (χ4n) is 2.57. The molecule has 0 fully saturated rings. The van der Waals surface area contributed by atoms with Crippen LogP contribution < -0.4 is 0 Å². The van der Waals surface area contributed by atoms with Gasteiger partial charge in [-0.2, -0.15) is 0 Å². The van der Waals surface area contributed by atoms with Crippen LogP contribution in [0.3, 0.4) is 0 Å². The van der Waals surface area contributed by atoms with Crippen molar-refractivity contribution in [3.05, 3.63) is 12.7 Å². The lowest BCUT2D eigenvalue weighted by atomic mass is 10.0. The lowest BCUT2D eigenvalue weighted by Gasteiger charge is -2.03. The maximum Gasteiger partial charge on any atom is 0.0644 e. The van der Waals surface area contributed by atoms with Crippen LogP contribution >= 0.6 is 0 Å². The van der Waals surface area contributed by atoms with E-state index >= 15 is 0 Å². The first-order valence-electron chi connectivity index (χ1n) is 9.10. The molecule has 0 atom stereocenters. The molecule has 0 amide bonds. The van der Waals surface area contributed by atoms with E-state index in [1.54, 1.807) is 0 Å². The van der Waals surface area contributed by atoms with E-state index in [0.717, 1.165) is 6.61 Å². The van der Waals surface area contributed by atoms with Crippen molar-refractivity contribution in [3.63, 3.8) is 0 Å². The lowest BCUT2D eigenvalue weighted by Crippen LogP contribution is -1.93. The fourth-order valence-corrected chi connectivity index (χ4v) is 2.57. The summed E-state index contributed by atoms with van der Waals surface area (Å²) in [5.74, 6) is 0. The molecule has 0 rings (SSSR count). The molecule has 0 aliphatic heterocycles. The van der Waals surface area contributed by atoms with Gasteiger partial charge in [-0.25, -0.2) is 0 Å². The highest BCUT2D eigenvalue weighted by molar-refractivity contribution is 4.63. The van der Waals surface area contributed by atoms with E-state index in [4.69, 9.17) is 4.74 Å². The van der Waals surface area contributed by atoms with E-state index in [-0.39, 0.29) is 0 Å². The molecule has 0 heterocycles. The Kier molecular flexibility index (Phi) is 18.4. The second-order valence-corrected chi connectivity index (χ2v) is 5.96. The van der Waals surface area contributed by atoms with Crippen molar-refractivity contribution in [2.24, 2.45) is 0 Å². The molecule has 0 aromatic carbocycles. The number of hydrogen-bond acceptors (Lipinski definition) is 1. The summed E-state index contributed by atoms with van der Waals surface area (Å²) in [7, 11) is 0. The maximum atomic E-state index is 5.37. The average Bonchev–Trinajstić information content (AvgIpc) is 2.47. The fraction of sp³-hybridized carbons (Fsp3) is 0.895. The van der Waals surface area contributed by atoms with Crippen molar-refractivity contribution in [1.29, 1.82) is 0 Å². The van der Waals surface area contributed by atoms with Gasteiger partial charge in [-0.3, -0.25) is 0 Å². The summed E-state index contributed by atoms with van der Waals surface area (Å²) in [5, 5.41) is 0. The van der Waals surface area contributed by atoms with E-state index in [2.05, 4.69) is 13.5 Å². The maximum absolute atomic E-state index is 5.37. The van der Waals surface area contributed by atoms with Crippen LogP contribution in [0.15, 0.2) is 12.7 Å². The Labute approximate surface area is 128 Å². The van der Waals surface area contributed by atoms with Gasteiger partial charge < -0.3 is 4.74 Å². The highest BCUT2D eigenvalue weighted by Crippen LogP contribution is 2.12. The van der Waals surface area contributed by atoms with E-state index in [1.807, 2.05) is 6.08 Å². The first kappa shape index (κ1) is 19.7. The molecule has 0 aromatic rings. The van der Waals surface area contributed by atoms with Crippen LogP contribution in [0.25, 0.3) is 0 Å². The second-order valence-electron chi connectivity index (χ2n) is 5.96. The minimum atomic E-state index is 0.707. The van der Waals surface area contributed by atoms with Crippen molar-refractivity contribution >= 4 is 0 Å². The van der Waals surface area contributed by atoms with Crippen molar-refractivity contribution in [3.8, 4) is 0 Å². The van der Waals surface area contributed by atoms with Gasteiger partial charge >= 0.3 is 0 Å². The molecule has 1 nitrogen and oxygen atoms in total. The number of rotatable bonds is 17. The lowest BCUT2D eigenvalue weighted by molar-refractivity contribution is 0.157. The van der Waals surface area contributed by atoms with Crippen LogP contribution in [0.1, 0.15) is 96.8 Å². The minimum absolute atomic E-state index is 0.707. The minimum Gasteiger partial charge on any atom is -0.377 e. The van der Waals surface area contributed by atoms with Gasteiger partial charge in [-0.1, -0.05) is 96.5 Å². The largest absolute Gasteiger partial charge is 0.377 e. The molecule has 0 saturated carbocycles. The predicted molar refractivity (Wildman–Crippen MR) is 91.3 cm³/mol. The quantitative estimate of drug-likeness (QED) is 0.214. The molecule has 0 spiro atoms. The van der Waals surface area contributed by atoms with Gasteiger partial charge in [-0.05, 0) is 6.42 Å². The summed E-state index contributed by atoms with van der Waals surface area (Å²) in [6, 6.07) is 0. The molecular weight excluding hydrogens is 244 g/mol. The standard InChI is InChI=1S/C19H38O/c1-3-5-6-7-8-9-10-11-12-13-14-15-16-17-19-20-18-4-2/h4H,2-3,5-19H2,1H3. The Morgan fingerprint density at radius 1 is 0.650 bits per heavy atom. The Bertz CT molecular complexity index is 177. The molecule has 0 aromatic heterocycles. The zero-order valence-corrected chi connectivity index (χ0v) is 14.0. The third-order valence-electron chi connectivity index (χ3n) is 3.88. The molecule has 0 bridgehead atoms. The van der Waals surface area contributed by atoms with Gasteiger partial charge in [-0.15, -0.1) is 6.58 Å². The Balaban J connectivity index is 2.90. The van der Waals surface area contributed by atoms with Crippen LogP contribution in [0.4, 0.5) is 0 Å². The molecule has 0 N–H and O–H groups in total. The monoisotopic (exact) mass is 282 g/mol. The topological polar surface area (TPSA) is 9.23 Å². The Hall–Kier alpha value is -0.300. The van der Waals surface area contributed by atoms with Gasteiger partial charge in [0, 0.05) is 6.61 Å². The normalized spacial score (nSPS) is 10.8. The summed E-state index contributed by atoms with van der Waals surface area (Å²) >= 11 is 0. The molecule has 1 heteroatoms. The summed E-state index contributed by atoms with van der Waals surface area (Å²) in [6.45, 7) is 7.54. The molecule has 0 radical (unpaired) electrons. The molecule has 0 aliphatic rings. The van der Waals surface area contributed by atoms with Crippen molar-refractivity contribution in [2.45, 2.75) is 96.8 Å². The number of hydrogen-bond donors (Lipinski definition) is 0. The highest BCUT2D eigenvalue weighted by Gasteiger charge is 1.94. The van der Waals surface area contributed by atoms with E-state index in [9.17, 15) is 0 Å². The zero-order valence-electron chi connectivity index (χ0n) is 14.0. The third-order valence-corrected chi connectivity index (χ3v) is 3.88. The zero-order chi connectivity index (χ0) is 14.7. The van der Waals surface area contributed by atoms with Crippen molar-refractivity contribution < 1.29 is 4.74 Å². The van der Waals surface area contributed by atoms with E-state index in [1.165, 1.54) is 89.9 Å². The molecule has 0 unspecified atom stereocenters. The smallest absolute Gasteiger partial charge is 0.0644 e. The molecule has 120 valence electrons. The Morgan fingerprint density at radius 2 is 1.05 bits per heavy atom. The van der Waals surface area contributed by atoms with Gasteiger partial charge in [0.1, 0.15) is 0 Å². The van der Waals surface area contributed by atoms with Crippen LogP contribution in [-0.4, -0.2) is 13.2 Å². The van der Waals surface area contributed by atoms with Crippen LogP contribution in [0, 0.1) is 0 Å². The average molecular weight is 283 g/mol. The van der Waals surface area contributed by atoms with E-state index < -0.39 is 0 Å². The molecular formula is C19H38O. The van der Waals surface area contributed by atoms with Crippen molar-refractivity contribution in [2.75, 3.05) is 13.2 Å². The van der Waals surface area contributed by atoms with Gasteiger partial charge in [0.2, 0.25) is 0 Å². The van der Waals surface area contributed by atoms with Crippen LogP contribution in [0.5, 0.6) is 0 Å². The molecule has 0 saturated heterocycles. The second kappa shape index (κ2) is 18.7. The van der Waals surface area contributed by atoms with Crippen LogP contribution in [0.2, 0.25) is 0 Å². The molecule has 0 aliphatic carbocycles. The highest BCUT2D eigenvalue weighted by atomic mass is 16.5. The summed E-state index contributed by atoms with van der Waals surface area (Å²) in [4.78, 5) is 0. The van der Waals surface area contributed by atoms with Gasteiger partial charge in [0.15, 0.2) is 0 Å². The first-order valence-corrected chi connectivity index (χ1v) is 9.10.